The van der Waals surface area contributed by atoms with Crippen LogP contribution in [0.15, 0.2) is 30.1 Å². The zero-order valence-corrected chi connectivity index (χ0v) is 10.7. The Labute approximate surface area is 98.8 Å². The number of nitrogens with zero attached hydrogens (tertiary/aromatic N) is 1. The van der Waals surface area contributed by atoms with E-state index in [0.29, 0.717) is 0 Å². The van der Waals surface area contributed by atoms with Gasteiger partial charge < -0.3 is 5.32 Å². The number of hydrogen-bond acceptors (Lipinski definition) is 2. The highest BCUT2D eigenvalue weighted by molar-refractivity contribution is 5.51. The molecule has 0 radical (unpaired) electrons. The van der Waals surface area contributed by atoms with E-state index in [1.807, 2.05) is 12.3 Å². The average Bonchev–Trinajstić information content (AvgIpc) is 2.24. The van der Waals surface area contributed by atoms with Crippen molar-refractivity contribution in [1.29, 1.82) is 0 Å². The minimum atomic E-state index is 0.170. The molecule has 0 saturated carbocycles. The molecule has 0 aliphatic heterocycles. The van der Waals surface area contributed by atoms with Gasteiger partial charge in [-0.25, -0.2) is 0 Å². The van der Waals surface area contributed by atoms with Crippen LogP contribution in [0.4, 0.5) is 0 Å². The van der Waals surface area contributed by atoms with Crippen molar-refractivity contribution in [2.45, 2.75) is 39.7 Å². The summed E-state index contributed by atoms with van der Waals surface area (Å²) in [6.07, 6.45) is 6.98. The zero-order chi connectivity index (χ0) is 12.0. The second-order valence-electron chi connectivity index (χ2n) is 5.05. The van der Waals surface area contributed by atoms with E-state index in [1.165, 1.54) is 11.1 Å². The number of nitrogens with one attached hydrogen (secondary N) is 1. The van der Waals surface area contributed by atoms with Gasteiger partial charge in [-0.15, -0.1) is 0 Å². The molecule has 0 saturated heterocycles. The molecule has 1 heterocycles. The number of rotatable bonds is 4. The van der Waals surface area contributed by atoms with Gasteiger partial charge in [0.05, 0.1) is 0 Å². The Bertz CT molecular complexity index is 334. The van der Waals surface area contributed by atoms with Crippen molar-refractivity contribution >= 4 is 6.08 Å². The fourth-order valence-electron chi connectivity index (χ4n) is 1.35. The third-order valence-electron chi connectivity index (χ3n) is 2.36. The summed E-state index contributed by atoms with van der Waals surface area (Å²) in [5.41, 5.74) is 2.75. The maximum Gasteiger partial charge on any atom is 0.0340 e. The Kier molecular flexibility index (Phi) is 4.69. The molecule has 0 spiro atoms. The lowest BCUT2D eigenvalue weighted by Gasteiger charge is -2.21. The molecule has 0 fully saturated rings. The lowest BCUT2D eigenvalue weighted by atomic mass is 10.1. The third kappa shape index (κ3) is 5.08. The maximum absolute atomic E-state index is 4.12. The van der Waals surface area contributed by atoms with Gasteiger partial charge >= 0.3 is 0 Å². The smallest absolute Gasteiger partial charge is 0.0340 e. The van der Waals surface area contributed by atoms with Crippen LogP contribution in [0.3, 0.4) is 0 Å². The van der Waals surface area contributed by atoms with Crippen molar-refractivity contribution in [3.63, 3.8) is 0 Å². The third-order valence-corrected chi connectivity index (χ3v) is 2.36. The second kappa shape index (κ2) is 5.80. The Morgan fingerprint density at radius 1 is 1.44 bits per heavy atom. The topological polar surface area (TPSA) is 24.9 Å². The number of hydrogen-bond donors (Lipinski definition) is 1. The largest absolute Gasteiger partial charge is 0.308 e. The summed E-state index contributed by atoms with van der Waals surface area (Å²) in [4.78, 5) is 4.12. The quantitative estimate of drug-likeness (QED) is 0.839. The molecule has 0 aliphatic rings. The minimum absolute atomic E-state index is 0.170. The monoisotopic (exact) mass is 218 g/mol. The van der Waals surface area contributed by atoms with Gasteiger partial charge in [-0.2, -0.15) is 0 Å². The molecule has 1 rings (SSSR count). The molecule has 0 unspecified atom stereocenters. The van der Waals surface area contributed by atoms with Crippen LogP contribution < -0.4 is 5.32 Å². The van der Waals surface area contributed by atoms with Crippen LogP contribution in [0, 0.1) is 0 Å². The molecule has 1 aromatic rings. The summed E-state index contributed by atoms with van der Waals surface area (Å²) in [5.74, 6) is 0. The molecule has 0 amide bonds. The summed E-state index contributed by atoms with van der Waals surface area (Å²) in [7, 11) is 0. The lowest BCUT2D eigenvalue weighted by molar-refractivity contribution is 0.443. The molecular formula is C14H22N2. The SMILES string of the molecule is CCC(=Cc1cccnc1)CNC(C)(C)C. The van der Waals surface area contributed by atoms with Gasteiger partial charge in [-0.3, -0.25) is 4.98 Å². The van der Waals surface area contributed by atoms with Crippen LogP contribution in [0.25, 0.3) is 6.08 Å². The van der Waals surface area contributed by atoms with Gasteiger partial charge in [-0.1, -0.05) is 24.6 Å². The van der Waals surface area contributed by atoms with E-state index in [2.05, 4.69) is 50.1 Å². The van der Waals surface area contributed by atoms with Crippen molar-refractivity contribution in [2.24, 2.45) is 0 Å². The predicted molar refractivity (Wildman–Crippen MR) is 70.3 cm³/mol. The molecule has 1 aromatic heterocycles. The van der Waals surface area contributed by atoms with E-state index in [1.54, 1.807) is 6.20 Å². The minimum Gasteiger partial charge on any atom is -0.308 e. The van der Waals surface area contributed by atoms with Crippen molar-refractivity contribution < 1.29 is 0 Å². The molecule has 2 nitrogen and oxygen atoms in total. The molecule has 0 atom stereocenters. The van der Waals surface area contributed by atoms with E-state index in [4.69, 9.17) is 0 Å². The molecule has 0 bridgehead atoms. The van der Waals surface area contributed by atoms with Crippen molar-refractivity contribution in [3.8, 4) is 0 Å². The molecule has 1 N–H and O–H groups in total. The highest BCUT2D eigenvalue weighted by Gasteiger charge is 2.08. The first-order valence-corrected chi connectivity index (χ1v) is 5.86. The standard InChI is InChI=1S/C14H22N2/c1-5-12(11-16-14(2,3)4)9-13-7-6-8-15-10-13/h6-10,16H,5,11H2,1-4H3. The molecule has 0 aliphatic carbocycles. The molecule has 88 valence electrons. The lowest BCUT2D eigenvalue weighted by Crippen LogP contribution is -2.36. The molecular weight excluding hydrogens is 196 g/mol. The van der Waals surface area contributed by atoms with E-state index in [9.17, 15) is 0 Å². The Hall–Kier alpha value is -1.15. The molecule has 2 heteroatoms. The van der Waals surface area contributed by atoms with Crippen LogP contribution >= 0.6 is 0 Å². The van der Waals surface area contributed by atoms with Gasteiger partial charge in [-0.05, 0) is 38.8 Å². The van der Waals surface area contributed by atoms with Gasteiger partial charge in [0.1, 0.15) is 0 Å². The summed E-state index contributed by atoms with van der Waals surface area (Å²) in [6, 6.07) is 4.05. The zero-order valence-electron chi connectivity index (χ0n) is 10.7. The second-order valence-corrected chi connectivity index (χ2v) is 5.05. The van der Waals surface area contributed by atoms with Crippen molar-refractivity contribution in [3.05, 3.63) is 35.7 Å². The van der Waals surface area contributed by atoms with E-state index < -0.39 is 0 Å². The van der Waals surface area contributed by atoms with Crippen LogP contribution in [0.5, 0.6) is 0 Å². The first-order chi connectivity index (χ1) is 7.51. The summed E-state index contributed by atoms with van der Waals surface area (Å²) in [6.45, 7) is 9.68. The highest BCUT2D eigenvalue weighted by Crippen LogP contribution is 2.09. The van der Waals surface area contributed by atoms with Gasteiger partial charge in [0.25, 0.3) is 0 Å². The number of pyridine rings is 1. The van der Waals surface area contributed by atoms with E-state index in [0.717, 1.165) is 13.0 Å². The average molecular weight is 218 g/mol. The predicted octanol–water partition coefficient (Wildman–Crippen LogP) is 3.26. The summed E-state index contributed by atoms with van der Waals surface area (Å²) < 4.78 is 0. The normalized spacial score (nSPS) is 12.9. The van der Waals surface area contributed by atoms with Crippen LogP contribution in [0.1, 0.15) is 39.7 Å². The van der Waals surface area contributed by atoms with E-state index in [-0.39, 0.29) is 5.54 Å². The van der Waals surface area contributed by atoms with Crippen molar-refractivity contribution in [1.82, 2.24) is 10.3 Å². The van der Waals surface area contributed by atoms with Gasteiger partial charge in [0, 0.05) is 24.5 Å². The summed E-state index contributed by atoms with van der Waals surface area (Å²) in [5, 5.41) is 3.50. The Morgan fingerprint density at radius 3 is 2.69 bits per heavy atom. The van der Waals surface area contributed by atoms with Crippen LogP contribution in [-0.4, -0.2) is 17.1 Å². The molecule has 0 aromatic carbocycles. The first kappa shape index (κ1) is 12.9. The summed E-state index contributed by atoms with van der Waals surface area (Å²) >= 11 is 0. The maximum atomic E-state index is 4.12. The fourth-order valence-corrected chi connectivity index (χ4v) is 1.35. The Morgan fingerprint density at radius 2 is 2.19 bits per heavy atom. The van der Waals surface area contributed by atoms with Crippen LogP contribution in [-0.2, 0) is 0 Å². The fraction of sp³-hybridized carbons (Fsp3) is 0.500. The molecule has 16 heavy (non-hydrogen) atoms. The van der Waals surface area contributed by atoms with Gasteiger partial charge in [0.15, 0.2) is 0 Å². The Balaban J connectivity index is 2.64. The van der Waals surface area contributed by atoms with E-state index >= 15 is 0 Å². The first-order valence-electron chi connectivity index (χ1n) is 5.86. The number of aromatic nitrogens is 1. The van der Waals surface area contributed by atoms with Crippen molar-refractivity contribution in [2.75, 3.05) is 6.54 Å². The van der Waals surface area contributed by atoms with Crippen LogP contribution in [0.2, 0.25) is 0 Å². The van der Waals surface area contributed by atoms with Gasteiger partial charge in [0.2, 0.25) is 0 Å². The highest BCUT2D eigenvalue weighted by atomic mass is 14.9.